The van der Waals surface area contributed by atoms with Crippen molar-refractivity contribution < 1.29 is 14.2 Å². The van der Waals surface area contributed by atoms with Crippen LogP contribution >= 0.6 is 15.9 Å². The number of aromatic nitrogens is 1. The molecular weight excluding hydrogens is 310 g/mol. The summed E-state index contributed by atoms with van der Waals surface area (Å²) in [5, 5.41) is 0. The summed E-state index contributed by atoms with van der Waals surface area (Å²) in [6.07, 6.45) is 7.81. The molecule has 1 saturated carbocycles. The van der Waals surface area contributed by atoms with Crippen molar-refractivity contribution in [3.8, 4) is 0 Å². The minimum absolute atomic E-state index is 0.294. The minimum Gasteiger partial charge on any atom is -0.373 e. The second kappa shape index (κ2) is 5.87. The highest BCUT2D eigenvalue weighted by atomic mass is 79.9. The van der Waals surface area contributed by atoms with Gasteiger partial charge in [0.2, 0.25) is 0 Å². The Bertz CT molecular complexity index is 424. The first-order chi connectivity index (χ1) is 9.26. The van der Waals surface area contributed by atoms with Gasteiger partial charge < -0.3 is 14.2 Å². The molecule has 1 aromatic rings. The van der Waals surface area contributed by atoms with E-state index in [9.17, 15) is 0 Å². The third kappa shape index (κ3) is 3.34. The van der Waals surface area contributed by atoms with E-state index in [0.717, 1.165) is 48.9 Å². The number of hydrogen-bond donors (Lipinski definition) is 0. The molecule has 5 heteroatoms. The van der Waals surface area contributed by atoms with E-state index in [4.69, 9.17) is 14.2 Å². The van der Waals surface area contributed by atoms with Gasteiger partial charge in [-0.1, -0.05) is 0 Å². The Kier molecular flexibility index (Phi) is 4.17. The van der Waals surface area contributed by atoms with Gasteiger partial charge in [0, 0.05) is 29.7 Å². The van der Waals surface area contributed by atoms with Crippen LogP contribution in [0, 0.1) is 0 Å². The molecule has 0 unspecified atom stereocenters. The van der Waals surface area contributed by atoms with E-state index < -0.39 is 0 Å². The lowest BCUT2D eigenvalue weighted by atomic mass is 9.92. The first-order valence-electron chi connectivity index (χ1n) is 6.75. The highest BCUT2D eigenvalue weighted by molar-refractivity contribution is 9.10. The van der Waals surface area contributed by atoms with Crippen LogP contribution in [0.5, 0.6) is 0 Å². The van der Waals surface area contributed by atoms with E-state index in [-0.39, 0.29) is 5.79 Å². The number of nitrogens with zero attached hydrogens (tertiary/aromatic N) is 1. The average molecular weight is 328 g/mol. The second-order valence-electron chi connectivity index (χ2n) is 5.13. The first kappa shape index (κ1) is 13.5. The molecule has 2 heterocycles. The van der Waals surface area contributed by atoms with Crippen LogP contribution in [0.2, 0.25) is 0 Å². The third-order valence-corrected chi connectivity index (χ3v) is 4.19. The van der Waals surface area contributed by atoms with Gasteiger partial charge in [-0.3, -0.25) is 4.98 Å². The largest absolute Gasteiger partial charge is 0.373 e. The minimum atomic E-state index is -0.294. The monoisotopic (exact) mass is 327 g/mol. The van der Waals surface area contributed by atoms with Crippen molar-refractivity contribution in [2.75, 3.05) is 13.2 Å². The smallest absolute Gasteiger partial charge is 0.168 e. The zero-order valence-corrected chi connectivity index (χ0v) is 12.4. The highest BCUT2D eigenvalue weighted by Crippen LogP contribution is 2.36. The van der Waals surface area contributed by atoms with E-state index in [1.165, 1.54) is 0 Å². The maximum Gasteiger partial charge on any atom is 0.168 e. The Labute approximate surface area is 121 Å². The fourth-order valence-electron chi connectivity index (χ4n) is 2.73. The zero-order chi connectivity index (χ0) is 13.1. The molecule has 0 radical (unpaired) electrons. The molecule has 1 aliphatic carbocycles. The number of hydrogen-bond acceptors (Lipinski definition) is 4. The Balaban J connectivity index is 1.47. The van der Waals surface area contributed by atoms with Gasteiger partial charge in [-0.05, 0) is 40.4 Å². The van der Waals surface area contributed by atoms with Crippen LogP contribution in [0.1, 0.15) is 31.2 Å². The van der Waals surface area contributed by atoms with Crippen LogP contribution in [0.25, 0.3) is 0 Å². The summed E-state index contributed by atoms with van der Waals surface area (Å²) in [4.78, 5) is 4.14. The molecule has 0 atom stereocenters. The van der Waals surface area contributed by atoms with Gasteiger partial charge in [-0.2, -0.15) is 0 Å². The summed E-state index contributed by atoms with van der Waals surface area (Å²) in [5.41, 5.74) is 1.10. The number of pyridine rings is 1. The predicted molar refractivity (Wildman–Crippen MR) is 73.6 cm³/mol. The SMILES string of the molecule is Brc1cncc(COC2CCC3(CC2)OCCO3)c1. The van der Waals surface area contributed by atoms with Gasteiger partial charge >= 0.3 is 0 Å². The van der Waals surface area contributed by atoms with E-state index >= 15 is 0 Å². The summed E-state index contributed by atoms with van der Waals surface area (Å²) in [6, 6.07) is 2.04. The van der Waals surface area contributed by atoms with Crippen molar-refractivity contribution >= 4 is 15.9 Å². The molecule has 2 aliphatic rings. The highest BCUT2D eigenvalue weighted by Gasteiger charge is 2.40. The topological polar surface area (TPSA) is 40.6 Å². The van der Waals surface area contributed by atoms with Gasteiger partial charge in [-0.25, -0.2) is 0 Å². The summed E-state index contributed by atoms with van der Waals surface area (Å²) >= 11 is 3.42. The lowest BCUT2D eigenvalue weighted by molar-refractivity contribution is -0.192. The van der Waals surface area contributed by atoms with Crippen molar-refractivity contribution in [3.63, 3.8) is 0 Å². The molecule has 1 aromatic heterocycles. The fraction of sp³-hybridized carbons (Fsp3) is 0.643. The molecule has 3 rings (SSSR count). The van der Waals surface area contributed by atoms with Gasteiger partial charge in [0.1, 0.15) is 0 Å². The van der Waals surface area contributed by atoms with E-state index in [1.807, 2.05) is 12.3 Å². The van der Waals surface area contributed by atoms with Crippen LogP contribution in [-0.2, 0) is 20.8 Å². The Morgan fingerprint density at radius 2 is 2.00 bits per heavy atom. The standard InChI is InChI=1S/C14H18BrNO3/c15-12-7-11(8-16-9-12)10-17-13-1-3-14(4-2-13)18-5-6-19-14/h7-9,13H,1-6,10H2. The van der Waals surface area contributed by atoms with Crippen LogP contribution in [-0.4, -0.2) is 30.1 Å². The molecule has 1 aliphatic heterocycles. The van der Waals surface area contributed by atoms with Crippen LogP contribution in [0.4, 0.5) is 0 Å². The summed E-state index contributed by atoms with van der Waals surface area (Å²) in [7, 11) is 0. The quantitative estimate of drug-likeness (QED) is 0.855. The second-order valence-corrected chi connectivity index (χ2v) is 6.05. The predicted octanol–water partition coefficient (Wildman–Crippen LogP) is 3.05. The van der Waals surface area contributed by atoms with Crippen LogP contribution < -0.4 is 0 Å². The molecule has 0 bridgehead atoms. The molecular formula is C14H18BrNO3. The molecule has 0 N–H and O–H groups in total. The summed E-state index contributed by atoms with van der Waals surface area (Å²) in [6.45, 7) is 2.08. The van der Waals surface area contributed by atoms with E-state index in [0.29, 0.717) is 12.7 Å². The lowest BCUT2D eigenvalue weighted by Crippen LogP contribution is -2.37. The number of ether oxygens (including phenoxy) is 3. The average Bonchev–Trinajstić information content (AvgIpc) is 2.87. The molecule has 1 saturated heterocycles. The zero-order valence-electron chi connectivity index (χ0n) is 10.8. The van der Waals surface area contributed by atoms with Gasteiger partial charge in [0.05, 0.1) is 25.9 Å². The summed E-state index contributed by atoms with van der Waals surface area (Å²) in [5.74, 6) is -0.294. The van der Waals surface area contributed by atoms with Crippen molar-refractivity contribution in [2.24, 2.45) is 0 Å². The molecule has 0 aromatic carbocycles. The van der Waals surface area contributed by atoms with Crippen LogP contribution in [0.15, 0.2) is 22.9 Å². The Morgan fingerprint density at radius 3 is 2.68 bits per heavy atom. The van der Waals surface area contributed by atoms with Crippen molar-refractivity contribution in [3.05, 3.63) is 28.5 Å². The molecule has 4 nitrogen and oxygen atoms in total. The molecule has 104 valence electrons. The lowest BCUT2D eigenvalue weighted by Gasteiger charge is -2.35. The maximum atomic E-state index is 5.95. The van der Waals surface area contributed by atoms with Crippen molar-refractivity contribution in [1.29, 1.82) is 0 Å². The summed E-state index contributed by atoms with van der Waals surface area (Å²) < 4.78 is 18.4. The Morgan fingerprint density at radius 1 is 1.26 bits per heavy atom. The third-order valence-electron chi connectivity index (χ3n) is 3.76. The molecule has 1 spiro atoms. The molecule has 0 amide bonds. The normalized spacial score (nSPS) is 23.0. The van der Waals surface area contributed by atoms with E-state index in [1.54, 1.807) is 6.20 Å². The number of halogens is 1. The van der Waals surface area contributed by atoms with Crippen molar-refractivity contribution in [1.82, 2.24) is 4.98 Å². The maximum absolute atomic E-state index is 5.95. The van der Waals surface area contributed by atoms with Crippen molar-refractivity contribution in [2.45, 2.75) is 44.2 Å². The van der Waals surface area contributed by atoms with Gasteiger partial charge in [0.25, 0.3) is 0 Å². The van der Waals surface area contributed by atoms with E-state index in [2.05, 4.69) is 20.9 Å². The molecule has 2 fully saturated rings. The van der Waals surface area contributed by atoms with Gasteiger partial charge in [0.15, 0.2) is 5.79 Å². The fourth-order valence-corrected chi connectivity index (χ4v) is 3.14. The first-order valence-corrected chi connectivity index (χ1v) is 7.54. The Hall–Kier alpha value is -0.490. The number of rotatable bonds is 3. The van der Waals surface area contributed by atoms with Crippen LogP contribution in [0.3, 0.4) is 0 Å². The van der Waals surface area contributed by atoms with Gasteiger partial charge in [-0.15, -0.1) is 0 Å². The molecule has 19 heavy (non-hydrogen) atoms.